The summed E-state index contributed by atoms with van der Waals surface area (Å²) in [6.45, 7) is 3.87. The van der Waals surface area contributed by atoms with Crippen molar-refractivity contribution in [2.75, 3.05) is 26.2 Å². The number of hydrogen-bond acceptors (Lipinski definition) is 3. The summed E-state index contributed by atoms with van der Waals surface area (Å²) < 4.78 is 0. The van der Waals surface area contributed by atoms with Crippen LogP contribution < -0.4 is 16.0 Å². The molecule has 3 rings (SSSR count). The summed E-state index contributed by atoms with van der Waals surface area (Å²) in [5.74, 6) is 0.111. The molecule has 1 aliphatic rings. The monoisotopic (exact) mass is 381 g/mol. The summed E-state index contributed by atoms with van der Waals surface area (Å²) in [7, 11) is 0. The van der Waals surface area contributed by atoms with Crippen LogP contribution in [0, 0.1) is 0 Å². The van der Waals surface area contributed by atoms with E-state index in [1.165, 1.54) is 42.9 Å². The first kappa shape index (κ1) is 20.8. The summed E-state index contributed by atoms with van der Waals surface area (Å²) in [6.07, 6.45) is 9.45. The quantitative estimate of drug-likeness (QED) is 0.519. The Morgan fingerprint density at radius 2 is 1.64 bits per heavy atom. The van der Waals surface area contributed by atoms with Gasteiger partial charge in [0.1, 0.15) is 0 Å². The number of carbonyl (C=O) groups excluding carboxylic acids is 1. The van der Waals surface area contributed by atoms with Crippen LogP contribution in [0.15, 0.2) is 42.5 Å². The van der Waals surface area contributed by atoms with Gasteiger partial charge in [-0.3, -0.25) is 4.79 Å². The number of unbranched alkanes of at least 4 members (excludes halogenated alkanes) is 1. The Hall–Kier alpha value is -1.91. The third-order valence-corrected chi connectivity index (χ3v) is 5.62. The van der Waals surface area contributed by atoms with E-state index in [4.69, 9.17) is 0 Å². The second-order valence-electron chi connectivity index (χ2n) is 7.95. The minimum Gasteiger partial charge on any atom is -0.356 e. The lowest BCUT2D eigenvalue weighted by Gasteiger charge is -2.22. The zero-order chi connectivity index (χ0) is 19.4. The summed E-state index contributed by atoms with van der Waals surface area (Å²) >= 11 is 0. The van der Waals surface area contributed by atoms with Crippen LogP contribution in [0.5, 0.6) is 0 Å². The van der Waals surface area contributed by atoms with E-state index in [1.54, 1.807) is 0 Å². The van der Waals surface area contributed by atoms with Crippen LogP contribution >= 0.6 is 0 Å². The van der Waals surface area contributed by atoms with Gasteiger partial charge in [-0.2, -0.15) is 0 Å². The molecule has 1 fully saturated rings. The van der Waals surface area contributed by atoms with Crippen molar-refractivity contribution < 1.29 is 4.79 Å². The number of benzene rings is 2. The molecule has 2 aromatic rings. The molecule has 1 aliphatic carbocycles. The molecule has 0 radical (unpaired) electrons. The molecular formula is C24H35N3O. The standard InChI is InChI=1S/C24H35N3O/c28-24(19-20-12-13-21-8-4-5-9-22(21)18-20)27-15-7-6-14-25-16-17-26-23-10-2-1-3-11-23/h4-5,8-9,12-13,18,23,25-26H,1-3,6-7,10-11,14-17,19H2,(H,27,28). The Labute approximate surface area is 169 Å². The summed E-state index contributed by atoms with van der Waals surface area (Å²) in [5, 5.41) is 12.6. The van der Waals surface area contributed by atoms with E-state index in [-0.39, 0.29) is 5.91 Å². The van der Waals surface area contributed by atoms with Gasteiger partial charge < -0.3 is 16.0 Å². The van der Waals surface area contributed by atoms with Crippen LogP contribution in [0.2, 0.25) is 0 Å². The highest BCUT2D eigenvalue weighted by Crippen LogP contribution is 2.17. The molecule has 4 nitrogen and oxygen atoms in total. The van der Waals surface area contributed by atoms with Gasteiger partial charge in [-0.25, -0.2) is 0 Å². The first-order chi connectivity index (χ1) is 13.8. The molecule has 152 valence electrons. The van der Waals surface area contributed by atoms with E-state index >= 15 is 0 Å². The maximum atomic E-state index is 12.1. The molecule has 0 atom stereocenters. The second-order valence-corrected chi connectivity index (χ2v) is 7.95. The molecule has 0 aromatic heterocycles. The summed E-state index contributed by atoms with van der Waals surface area (Å²) in [5.41, 5.74) is 1.07. The van der Waals surface area contributed by atoms with Gasteiger partial charge in [-0.05, 0) is 48.6 Å². The van der Waals surface area contributed by atoms with Gasteiger partial charge in [0.25, 0.3) is 0 Å². The van der Waals surface area contributed by atoms with Crippen molar-refractivity contribution in [1.82, 2.24) is 16.0 Å². The molecule has 0 bridgehead atoms. The normalized spacial score (nSPS) is 15.0. The van der Waals surface area contributed by atoms with Crippen LogP contribution in [-0.4, -0.2) is 38.1 Å². The summed E-state index contributed by atoms with van der Waals surface area (Å²) in [4.78, 5) is 12.1. The molecule has 3 N–H and O–H groups in total. The number of nitrogens with one attached hydrogen (secondary N) is 3. The molecular weight excluding hydrogens is 346 g/mol. The fourth-order valence-corrected chi connectivity index (χ4v) is 4.00. The zero-order valence-corrected chi connectivity index (χ0v) is 17.0. The van der Waals surface area contributed by atoms with Gasteiger partial charge in [0.2, 0.25) is 5.91 Å². The van der Waals surface area contributed by atoms with E-state index < -0.39 is 0 Å². The van der Waals surface area contributed by atoms with Gasteiger partial charge in [0.15, 0.2) is 0 Å². The third-order valence-electron chi connectivity index (χ3n) is 5.62. The lowest BCUT2D eigenvalue weighted by molar-refractivity contribution is -0.120. The largest absolute Gasteiger partial charge is 0.356 e. The van der Waals surface area contributed by atoms with Gasteiger partial charge in [-0.1, -0.05) is 61.7 Å². The average molecular weight is 382 g/mol. The van der Waals surface area contributed by atoms with Gasteiger partial charge in [0.05, 0.1) is 6.42 Å². The topological polar surface area (TPSA) is 53.2 Å². The Balaban J connectivity index is 1.19. The van der Waals surface area contributed by atoms with E-state index in [2.05, 4.69) is 40.2 Å². The smallest absolute Gasteiger partial charge is 0.224 e. The first-order valence-corrected chi connectivity index (χ1v) is 11.0. The van der Waals surface area contributed by atoms with Crippen molar-refractivity contribution in [3.8, 4) is 0 Å². The van der Waals surface area contributed by atoms with Crippen molar-refractivity contribution in [2.24, 2.45) is 0 Å². The van der Waals surface area contributed by atoms with Crippen molar-refractivity contribution >= 4 is 16.7 Å². The third kappa shape index (κ3) is 7.25. The average Bonchev–Trinajstić information content (AvgIpc) is 2.73. The molecule has 0 saturated heterocycles. The molecule has 4 heteroatoms. The number of amides is 1. The van der Waals surface area contributed by atoms with E-state index in [1.807, 2.05) is 18.2 Å². The first-order valence-electron chi connectivity index (χ1n) is 11.0. The van der Waals surface area contributed by atoms with Gasteiger partial charge >= 0.3 is 0 Å². The van der Waals surface area contributed by atoms with E-state index in [0.29, 0.717) is 6.42 Å². The van der Waals surface area contributed by atoms with Crippen molar-refractivity contribution in [3.63, 3.8) is 0 Å². The molecule has 0 aliphatic heterocycles. The van der Waals surface area contributed by atoms with Crippen LogP contribution in [-0.2, 0) is 11.2 Å². The van der Waals surface area contributed by atoms with Crippen LogP contribution in [0.3, 0.4) is 0 Å². The van der Waals surface area contributed by atoms with E-state index in [9.17, 15) is 4.79 Å². The predicted octanol–water partition coefficient (Wildman–Crippen LogP) is 3.79. The number of carbonyl (C=O) groups is 1. The molecule has 0 heterocycles. The minimum atomic E-state index is 0.111. The molecule has 1 saturated carbocycles. The molecule has 0 spiro atoms. The molecule has 28 heavy (non-hydrogen) atoms. The maximum absolute atomic E-state index is 12.1. The second kappa shape index (κ2) is 11.8. The maximum Gasteiger partial charge on any atom is 0.224 e. The number of fused-ring (bicyclic) bond motifs is 1. The SMILES string of the molecule is O=C(Cc1ccc2ccccc2c1)NCCCCNCCNC1CCCCC1. The lowest BCUT2D eigenvalue weighted by atomic mass is 9.95. The van der Waals surface area contributed by atoms with Crippen molar-refractivity contribution in [2.45, 2.75) is 57.4 Å². The highest BCUT2D eigenvalue weighted by Gasteiger charge is 2.11. The van der Waals surface area contributed by atoms with Crippen LogP contribution in [0.1, 0.15) is 50.5 Å². The highest BCUT2D eigenvalue weighted by atomic mass is 16.1. The molecule has 1 amide bonds. The van der Waals surface area contributed by atoms with Gasteiger partial charge in [-0.15, -0.1) is 0 Å². The Kier molecular flexibility index (Phi) is 8.79. The Morgan fingerprint density at radius 3 is 2.50 bits per heavy atom. The number of rotatable bonds is 11. The number of hydrogen-bond donors (Lipinski definition) is 3. The fraction of sp³-hybridized carbons (Fsp3) is 0.542. The van der Waals surface area contributed by atoms with E-state index in [0.717, 1.165) is 50.6 Å². The van der Waals surface area contributed by atoms with Gasteiger partial charge in [0, 0.05) is 25.7 Å². The Morgan fingerprint density at radius 1 is 0.857 bits per heavy atom. The molecule has 2 aromatic carbocycles. The highest BCUT2D eigenvalue weighted by molar-refractivity contribution is 5.85. The Bertz CT molecular complexity index is 725. The van der Waals surface area contributed by atoms with Crippen LogP contribution in [0.4, 0.5) is 0 Å². The van der Waals surface area contributed by atoms with Crippen molar-refractivity contribution in [1.29, 1.82) is 0 Å². The fourth-order valence-electron chi connectivity index (χ4n) is 4.00. The summed E-state index contributed by atoms with van der Waals surface area (Å²) in [6, 6.07) is 15.3. The predicted molar refractivity (Wildman–Crippen MR) is 118 cm³/mol. The van der Waals surface area contributed by atoms with Crippen LogP contribution in [0.25, 0.3) is 10.8 Å². The zero-order valence-electron chi connectivity index (χ0n) is 17.0. The minimum absolute atomic E-state index is 0.111. The lowest BCUT2D eigenvalue weighted by Crippen LogP contribution is -2.36. The molecule has 0 unspecified atom stereocenters. The van der Waals surface area contributed by atoms with Crippen molar-refractivity contribution in [3.05, 3.63) is 48.0 Å².